The molecule has 5 aliphatic carbocycles. The van der Waals surface area contributed by atoms with Crippen molar-refractivity contribution < 1.29 is 57.1 Å². The minimum absolute atomic E-state index is 0.0971. The Kier molecular flexibility index (Phi) is 6.23. The van der Waals surface area contributed by atoms with Gasteiger partial charge >= 0.3 is 23.9 Å². The van der Waals surface area contributed by atoms with Crippen molar-refractivity contribution >= 4 is 29.8 Å². The third-order valence-corrected chi connectivity index (χ3v) is 12.5. The van der Waals surface area contributed by atoms with Gasteiger partial charge < -0.3 is 38.1 Å². The second-order valence-corrected chi connectivity index (χ2v) is 14.0. The number of methoxy groups -OCH3 is 1. The lowest BCUT2D eigenvalue weighted by Gasteiger charge is -2.71. The first-order chi connectivity index (χ1) is 20.7. The third-order valence-electron chi connectivity index (χ3n) is 12.5. The summed E-state index contributed by atoms with van der Waals surface area (Å²) in [6.45, 7) is 9.11. The molecule has 2 heterocycles. The lowest BCUT2D eigenvalue weighted by molar-refractivity contribution is -0.325. The molecule has 2 saturated heterocycles. The molecule has 3 spiro atoms. The first-order valence-corrected chi connectivity index (χ1v) is 15.6. The first-order valence-electron chi connectivity index (χ1n) is 15.6. The highest BCUT2D eigenvalue weighted by Gasteiger charge is 3.00. The van der Waals surface area contributed by atoms with Gasteiger partial charge in [0.15, 0.2) is 5.60 Å². The van der Waals surface area contributed by atoms with Crippen LogP contribution in [0.1, 0.15) is 67.2 Å². The van der Waals surface area contributed by atoms with Crippen LogP contribution in [0.25, 0.3) is 0 Å². The fraction of sp³-hybridized carbons (Fsp3) is 0.839. The maximum absolute atomic E-state index is 14.6. The molecular formula is C31H41NO12. The fourth-order valence-electron chi connectivity index (χ4n) is 12.1. The molecule has 7 aliphatic rings. The van der Waals surface area contributed by atoms with Gasteiger partial charge in [0.05, 0.1) is 28.9 Å². The molecule has 7 rings (SSSR count). The standard InChI is InChI=1S/C31H41NO12/c1-8-32-25-30-20(38-7)9-10-27(6,26(32)37)23(30)24(43-16(4)35)31(25)29(39-13-40-31)12-19(41-14(2)33)18-11-28(30,44-17(5)36)22(29)21(18)42-15(3)34/h18-25H,8-13H2,1-7H3/t18-,19+,20+,21+,22+,23-,24+,25+,27-,28+,29-,30-,31-/m1/s1. The Morgan fingerprint density at radius 1 is 0.932 bits per heavy atom. The number of likely N-dealkylation sites (tertiary alicyclic amines) is 1. The van der Waals surface area contributed by atoms with Crippen molar-refractivity contribution in [3.8, 4) is 0 Å². The van der Waals surface area contributed by atoms with Crippen LogP contribution in [0.2, 0.25) is 0 Å². The number of amides is 1. The molecule has 0 N–H and O–H groups in total. The van der Waals surface area contributed by atoms with Crippen molar-refractivity contribution in [2.75, 3.05) is 20.4 Å². The summed E-state index contributed by atoms with van der Waals surface area (Å²) < 4.78 is 45.0. The molecule has 7 bridgehead atoms. The molecule has 5 saturated carbocycles. The molecule has 0 aromatic carbocycles. The number of rotatable bonds is 6. The van der Waals surface area contributed by atoms with Crippen LogP contribution in [0.3, 0.4) is 0 Å². The molecule has 0 aromatic rings. The maximum atomic E-state index is 14.6. The highest BCUT2D eigenvalue weighted by Crippen LogP contribution is 2.84. The van der Waals surface area contributed by atoms with Gasteiger partial charge in [0.1, 0.15) is 36.3 Å². The first kappa shape index (κ1) is 29.9. The van der Waals surface area contributed by atoms with Crippen molar-refractivity contribution in [2.45, 2.75) is 114 Å². The SMILES string of the molecule is CCN1C(=O)[C@]2(C)CC[C@H](OC)[C@@]34[C@H]1[C@]1(OCO[C@@]15C[C@H](OC(C)=O)[C@H]1C[C@]3(OC(C)=O)[C@@H]5[C@H]1OC(C)=O)[C@@H](OC(C)=O)[C@@H]42. The molecule has 0 aromatic heterocycles. The van der Waals surface area contributed by atoms with E-state index < -0.39 is 99.7 Å². The Hall–Kier alpha value is -2.77. The molecule has 242 valence electrons. The summed E-state index contributed by atoms with van der Waals surface area (Å²) in [7, 11) is 1.60. The lowest BCUT2D eigenvalue weighted by Crippen LogP contribution is -2.86. The van der Waals surface area contributed by atoms with E-state index in [0.29, 0.717) is 19.4 Å². The molecular weight excluding hydrogens is 578 g/mol. The normalized spacial score (nSPS) is 50.5. The van der Waals surface area contributed by atoms with Crippen molar-refractivity contribution in [1.29, 1.82) is 0 Å². The Labute approximate surface area is 255 Å². The van der Waals surface area contributed by atoms with E-state index in [9.17, 15) is 24.0 Å². The molecule has 13 atom stereocenters. The number of hydrogen-bond acceptors (Lipinski definition) is 12. The van der Waals surface area contributed by atoms with E-state index in [0.717, 1.165) is 0 Å². The zero-order valence-electron chi connectivity index (χ0n) is 26.2. The van der Waals surface area contributed by atoms with E-state index in [2.05, 4.69) is 0 Å². The van der Waals surface area contributed by atoms with E-state index >= 15 is 0 Å². The number of esters is 4. The Morgan fingerprint density at radius 2 is 1.61 bits per heavy atom. The minimum atomic E-state index is -1.49. The van der Waals surface area contributed by atoms with Crippen LogP contribution in [0.4, 0.5) is 0 Å². The quantitative estimate of drug-likeness (QED) is 0.311. The largest absolute Gasteiger partial charge is 0.462 e. The van der Waals surface area contributed by atoms with Crippen molar-refractivity contribution in [1.82, 2.24) is 4.90 Å². The maximum Gasteiger partial charge on any atom is 0.303 e. The zero-order valence-corrected chi connectivity index (χ0v) is 26.2. The molecule has 2 aliphatic heterocycles. The third kappa shape index (κ3) is 3.00. The summed E-state index contributed by atoms with van der Waals surface area (Å²) >= 11 is 0. The summed E-state index contributed by atoms with van der Waals surface area (Å²) in [4.78, 5) is 68.1. The average Bonchev–Trinajstić information content (AvgIpc) is 3.48. The minimum Gasteiger partial charge on any atom is -0.462 e. The molecule has 1 amide bonds. The molecule has 7 fully saturated rings. The van der Waals surface area contributed by atoms with E-state index in [4.69, 9.17) is 33.2 Å². The topological polar surface area (TPSA) is 153 Å². The second-order valence-electron chi connectivity index (χ2n) is 14.0. The van der Waals surface area contributed by atoms with Gasteiger partial charge in [-0.1, -0.05) is 6.92 Å². The highest BCUT2D eigenvalue weighted by atomic mass is 16.7. The van der Waals surface area contributed by atoms with Crippen LogP contribution < -0.4 is 0 Å². The number of likely N-dealkylation sites (N-methyl/N-ethyl adjacent to an activating group) is 1. The number of hydrogen-bond donors (Lipinski definition) is 0. The van der Waals surface area contributed by atoms with E-state index in [1.807, 2.05) is 13.8 Å². The van der Waals surface area contributed by atoms with Crippen LogP contribution in [0.15, 0.2) is 0 Å². The van der Waals surface area contributed by atoms with Gasteiger partial charge in [-0.25, -0.2) is 0 Å². The smallest absolute Gasteiger partial charge is 0.303 e. The average molecular weight is 620 g/mol. The molecule has 13 nitrogen and oxygen atoms in total. The van der Waals surface area contributed by atoms with Crippen LogP contribution in [-0.4, -0.2) is 102 Å². The van der Waals surface area contributed by atoms with Crippen LogP contribution in [0, 0.1) is 28.6 Å². The van der Waals surface area contributed by atoms with Gasteiger partial charge in [-0.05, 0) is 26.2 Å². The Morgan fingerprint density at radius 3 is 2.20 bits per heavy atom. The summed E-state index contributed by atoms with van der Waals surface area (Å²) in [6, 6.07) is -0.814. The number of nitrogens with zero attached hydrogens (tertiary/aromatic N) is 1. The van der Waals surface area contributed by atoms with Crippen molar-refractivity contribution in [2.24, 2.45) is 28.6 Å². The van der Waals surface area contributed by atoms with Crippen LogP contribution >= 0.6 is 0 Å². The highest BCUT2D eigenvalue weighted by molar-refractivity contribution is 5.87. The summed E-state index contributed by atoms with van der Waals surface area (Å²) in [6.07, 6.45) is -2.18. The summed E-state index contributed by atoms with van der Waals surface area (Å²) in [5.74, 6) is -4.40. The molecule has 13 heteroatoms. The monoisotopic (exact) mass is 619 g/mol. The van der Waals surface area contributed by atoms with Gasteiger partial charge in [0.25, 0.3) is 0 Å². The summed E-state index contributed by atoms with van der Waals surface area (Å²) in [5, 5.41) is 0. The second kappa shape index (κ2) is 9.16. The molecule has 44 heavy (non-hydrogen) atoms. The van der Waals surface area contributed by atoms with E-state index in [1.54, 1.807) is 12.0 Å². The van der Waals surface area contributed by atoms with Gasteiger partial charge in [-0.15, -0.1) is 0 Å². The number of fused-ring (bicyclic) bond motifs is 1. The number of carbonyl (C=O) groups excluding carboxylic acids is 5. The summed E-state index contributed by atoms with van der Waals surface area (Å²) in [5.41, 5.74) is -6.62. The van der Waals surface area contributed by atoms with Gasteiger partial charge in [-0.3, -0.25) is 24.0 Å². The Balaban J connectivity index is 1.65. The van der Waals surface area contributed by atoms with Gasteiger partial charge in [-0.2, -0.15) is 0 Å². The number of piperidine rings is 1. The van der Waals surface area contributed by atoms with Crippen molar-refractivity contribution in [3.63, 3.8) is 0 Å². The Bertz CT molecular complexity index is 1350. The van der Waals surface area contributed by atoms with E-state index in [-0.39, 0.29) is 25.5 Å². The predicted molar refractivity (Wildman–Crippen MR) is 145 cm³/mol. The van der Waals surface area contributed by atoms with E-state index in [1.165, 1.54) is 27.7 Å². The lowest BCUT2D eigenvalue weighted by atomic mass is 9.41. The zero-order chi connectivity index (χ0) is 31.8. The van der Waals surface area contributed by atoms with Gasteiger partial charge in [0.2, 0.25) is 5.91 Å². The van der Waals surface area contributed by atoms with Crippen LogP contribution in [0.5, 0.6) is 0 Å². The fourth-order valence-corrected chi connectivity index (χ4v) is 12.1. The number of carbonyl (C=O) groups is 5. The van der Waals surface area contributed by atoms with Crippen LogP contribution in [-0.2, 0) is 57.1 Å². The van der Waals surface area contributed by atoms with Gasteiger partial charge in [0, 0.05) is 59.6 Å². The molecule has 0 unspecified atom stereocenters. The van der Waals surface area contributed by atoms with Crippen molar-refractivity contribution in [3.05, 3.63) is 0 Å². The molecule has 0 radical (unpaired) electrons. The number of ether oxygens (including phenoxy) is 7. The predicted octanol–water partition coefficient (Wildman–Crippen LogP) is 1.28.